The van der Waals surface area contributed by atoms with Gasteiger partial charge in [0.2, 0.25) is 5.89 Å². The van der Waals surface area contributed by atoms with Crippen molar-refractivity contribution >= 4 is 28.5 Å². The molecule has 0 fully saturated rings. The summed E-state index contributed by atoms with van der Waals surface area (Å²) < 4.78 is 5.34. The molecular formula is C22H14N3O4+. The number of carbonyl (C=O) groups excluding carboxylic acids is 2. The van der Waals surface area contributed by atoms with Crippen molar-refractivity contribution in [2.24, 2.45) is 0 Å². The number of H-pyrrole nitrogens is 1. The van der Waals surface area contributed by atoms with Gasteiger partial charge in [-0.1, -0.05) is 12.1 Å². The van der Waals surface area contributed by atoms with E-state index in [1.54, 1.807) is 48.7 Å². The molecule has 140 valence electrons. The molecule has 29 heavy (non-hydrogen) atoms. The highest BCUT2D eigenvalue weighted by Gasteiger charge is 2.44. The monoisotopic (exact) mass is 384 g/mol. The van der Waals surface area contributed by atoms with Crippen LogP contribution < -0.4 is 15.5 Å². The van der Waals surface area contributed by atoms with Gasteiger partial charge in [-0.15, -0.1) is 4.90 Å². The van der Waals surface area contributed by atoms with Crippen LogP contribution in [0.25, 0.3) is 22.4 Å². The minimum Gasteiger partial charge on any atom is -0.403 e. The Kier molecular flexibility index (Phi) is 3.64. The fourth-order valence-electron chi connectivity index (χ4n) is 3.43. The standard InChI is InChI=1S/C22H13N3O4/c1-12-8-9-23-18(10-12)25-20(26)14-7-6-13(11-16(14)21(25)27)19-24-17-5-3-2-4-15(17)22(28)29-19/h2-11H,1H3/p+1. The van der Waals surface area contributed by atoms with Gasteiger partial charge in [-0.2, -0.15) is 0 Å². The van der Waals surface area contributed by atoms with E-state index >= 15 is 0 Å². The summed E-state index contributed by atoms with van der Waals surface area (Å²) in [5, 5.41) is 0.379. The lowest BCUT2D eigenvalue weighted by Crippen LogP contribution is -2.34. The summed E-state index contributed by atoms with van der Waals surface area (Å²) in [5.41, 5.74) is 1.87. The lowest BCUT2D eigenvalue weighted by molar-refractivity contribution is -0.362. The molecule has 2 aromatic heterocycles. The summed E-state index contributed by atoms with van der Waals surface area (Å²) in [6.07, 6.45) is 1.67. The Morgan fingerprint density at radius 3 is 2.55 bits per heavy atom. The van der Waals surface area contributed by atoms with Crippen molar-refractivity contribution in [3.8, 4) is 11.5 Å². The smallest absolute Gasteiger partial charge is 0.349 e. The number of anilines is 1. The van der Waals surface area contributed by atoms with E-state index in [2.05, 4.69) is 9.97 Å². The number of aryl methyl sites for hydroxylation is 1. The second-order valence-corrected chi connectivity index (χ2v) is 6.78. The zero-order chi connectivity index (χ0) is 20.1. The molecule has 7 nitrogen and oxygen atoms in total. The fourth-order valence-corrected chi connectivity index (χ4v) is 3.43. The number of benzene rings is 2. The van der Waals surface area contributed by atoms with Gasteiger partial charge < -0.3 is 4.42 Å². The average Bonchev–Trinajstić information content (AvgIpc) is 2.98. The third-order valence-electron chi connectivity index (χ3n) is 4.85. The second kappa shape index (κ2) is 6.20. The highest BCUT2D eigenvalue weighted by molar-refractivity contribution is 6.34. The fraction of sp³-hybridized carbons (Fsp3) is 0.0455. The number of nitrogens with one attached hydrogen (secondary N) is 1. The molecule has 0 saturated heterocycles. The van der Waals surface area contributed by atoms with Crippen molar-refractivity contribution < 1.29 is 19.0 Å². The van der Waals surface area contributed by atoms with Gasteiger partial charge in [-0.3, -0.25) is 0 Å². The Morgan fingerprint density at radius 2 is 1.72 bits per heavy atom. The number of carbonyl (C=O) groups is 2. The number of fused-ring (bicyclic) bond motifs is 2. The van der Waals surface area contributed by atoms with E-state index in [0.717, 1.165) is 10.5 Å². The summed E-state index contributed by atoms with van der Waals surface area (Å²) in [7, 11) is 0. The van der Waals surface area contributed by atoms with Crippen LogP contribution in [0.3, 0.4) is 0 Å². The van der Waals surface area contributed by atoms with Crippen LogP contribution in [0, 0.1) is 6.92 Å². The normalized spacial score (nSPS) is 13.2. The van der Waals surface area contributed by atoms with Crippen LogP contribution in [-0.4, -0.2) is 16.8 Å². The molecule has 1 aliphatic heterocycles. The number of rotatable bonds is 2. The van der Waals surface area contributed by atoms with Crippen LogP contribution in [0.2, 0.25) is 0 Å². The number of hydrogen-bond acceptors (Lipinski definition) is 5. The molecule has 0 spiro atoms. The van der Waals surface area contributed by atoms with Gasteiger partial charge in [0.15, 0.2) is 0 Å². The predicted molar refractivity (Wildman–Crippen MR) is 105 cm³/mol. The summed E-state index contributed by atoms with van der Waals surface area (Å²) in [6, 6.07) is 15.1. The number of para-hydroxylation sites is 1. The van der Waals surface area contributed by atoms with E-state index in [1.807, 2.05) is 13.0 Å². The Morgan fingerprint density at radius 1 is 0.931 bits per heavy atom. The first kappa shape index (κ1) is 17.0. The summed E-state index contributed by atoms with van der Waals surface area (Å²) in [4.78, 5) is 46.4. The molecule has 4 aromatic rings. The Labute approximate surface area is 164 Å². The third-order valence-corrected chi connectivity index (χ3v) is 4.85. The van der Waals surface area contributed by atoms with Crippen LogP contribution in [0.15, 0.2) is 70.0 Å². The molecule has 2 aromatic carbocycles. The number of pyridine rings is 1. The second-order valence-electron chi connectivity index (χ2n) is 6.78. The van der Waals surface area contributed by atoms with Crippen molar-refractivity contribution in [2.45, 2.75) is 6.92 Å². The number of aromatic nitrogens is 2. The highest BCUT2D eigenvalue weighted by atomic mass is 16.4. The lowest BCUT2D eigenvalue weighted by atomic mass is 10.1. The van der Waals surface area contributed by atoms with E-state index in [9.17, 15) is 14.4 Å². The van der Waals surface area contributed by atoms with Gasteiger partial charge in [0.05, 0.1) is 28.2 Å². The molecule has 3 heterocycles. The first-order chi connectivity index (χ1) is 14.0. The minimum atomic E-state index is -0.510. The van der Waals surface area contributed by atoms with Gasteiger partial charge in [0.25, 0.3) is 5.82 Å². The van der Waals surface area contributed by atoms with Gasteiger partial charge in [0.1, 0.15) is 0 Å². The van der Waals surface area contributed by atoms with Crippen LogP contribution >= 0.6 is 0 Å². The maximum Gasteiger partial charge on any atom is 0.349 e. The molecule has 0 saturated carbocycles. The van der Waals surface area contributed by atoms with Crippen molar-refractivity contribution in [2.75, 3.05) is 4.90 Å². The SMILES string of the molecule is Cc1cc[nH+]c(N2C(=O)c3ccc(-c4nc5ccccc5c(=O)o4)cc3C2=O)c1. The molecule has 0 bridgehead atoms. The molecule has 0 aliphatic carbocycles. The van der Waals surface area contributed by atoms with Crippen molar-refractivity contribution in [1.29, 1.82) is 0 Å². The van der Waals surface area contributed by atoms with Gasteiger partial charge in [-0.05, 0) is 48.9 Å². The first-order valence-corrected chi connectivity index (χ1v) is 8.94. The molecule has 0 radical (unpaired) electrons. The van der Waals surface area contributed by atoms with Crippen LogP contribution in [0.5, 0.6) is 0 Å². The molecule has 7 heteroatoms. The summed E-state index contributed by atoms with van der Waals surface area (Å²) >= 11 is 0. The Balaban J connectivity index is 1.61. The van der Waals surface area contributed by atoms with E-state index in [0.29, 0.717) is 22.3 Å². The van der Waals surface area contributed by atoms with Crippen molar-refractivity contribution in [3.05, 3.63) is 87.9 Å². The molecule has 1 aliphatic rings. The number of aromatic amines is 1. The maximum absolute atomic E-state index is 13.0. The minimum absolute atomic E-state index is 0.0947. The van der Waals surface area contributed by atoms with Gasteiger partial charge in [-0.25, -0.2) is 24.4 Å². The van der Waals surface area contributed by atoms with E-state index in [1.165, 1.54) is 6.07 Å². The van der Waals surface area contributed by atoms with Crippen LogP contribution in [0.4, 0.5) is 5.82 Å². The Hall–Kier alpha value is -4.13. The number of imide groups is 1. The van der Waals surface area contributed by atoms with Gasteiger partial charge >= 0.3 is 17.4 Å². The van der Waals surface area contributed by atoms with Crippen LogP contribution in [-0.2, 0) is 0 Å². The number of nitrogens with zero attached hydrogens (tertiary/aromatic N) is 2. The molecule has 2 amide bonds. The van der Waals surface area contributed by atoms with E-state index in [-0.39, 0.29) is 17.0 Å². The molecule has 5 rings (SSSR count). The number of amides is 2. The molecule has 0 atom stereocenters. The topological polar surface area (TPSA) is 94.6 Å². The summed E-state index contributed by atoms with van der Waals surface area (Å²) in [6.45, 7) is 1.88. The molecule has 1 N–H and O–H groups in total. The van der Waals surface area contributed by atoms with E-state index in [4.69, 9.17) is 4.42 Å². The lowest BCUT2D eigenvalue weighted by Gasteiger charge is -2.04. The quantitative estimate of drug-likeness (QED) is 0.495. The summed E-state index contributed by atoms with van der Waals surface area (Å²) in [5.74, 6) is -0.367. The number of hydrogen-bond donors (Lipinski definition) is 0. The molecule has 0 unspecified atom stereocenters. The Bertz CT molecular complexity index is 1390. The van der Waals surface area contributed by atoms with Gasteiger partial charge in [0, 0.05) is 11.6 Å². The zero-order valence-corrected chi connectivity index (χ0v) is 15.3. The van der Waals surface area contributed by atoms with Crippen LogP contribution in [0.1, 0.15) is 26.3 Å². The largest absolute Gasteiger partial charge is 0.403 e. The van der Waals surface area contributed by atoms with Crippen molar-refractivity contribution in [3.63, 3.8) is 0 Å². The highest BCUT2D eigenvalue weighted by Crippen LogP contribution is 2.30. The average molecular weight is 384 g/mol. The molecular weight excluding hydrogens is 370 g/mol. The zero-order valence-electron chi connectivity index (χ0n) is 15.3. The first-order valence-electron chi connectivity index (χ1n) is 8.94. The maximum atomic E-state index is 13.0. The van der Waals surface area contributed by atoms with Crippen molar-refractivity contribution in [1.82, 2.24) is 4.98 Å². The van der Waals surface area contributed by atoms with E-state index < -0.39 is 17.4 Å². The third kappa shape index (κ3) is 2.63. The predicted octanol–water partition coefficient (Wildman–Crippen LogP) is 2.78.